The van der Waals surface area contributed by atoms with Gasteiger partial charge >= 0.3 is 5.97 Å². The van der Waals surface area contributed by atoms with E-state index in [-0.39, 0.29) is 11.4 Å². The predicted octanol–water partition coefficient (Wildman–Crippen LogP) is 2.49. The highest BCUT2D eigenvalue weighted by atomic mass is 16.5. The Morgan fingerprint density at radius 3 is 2.70 bits per heavy atom. The van der Waals surface area contributed by atoms with E-state index < -0.39 is 5.97 Å². The summed E-state index contributed by atoms with van der Waals surface area (Å²) in [7, 11) is 1.54. The van der Waals surface area contributed by atoms with Crippen molar-refractivity contribution in [3.05, 3.63) is 29.3 Å². The van der Waals surface area contributed by atoms with Gasteiger partial charge in [0.25, 0.3) is 0 Å². The average molecular weight is 275 g/mol. The fraction of sp³-hybridized carbons (Fsp3) is 0.286. The largest absolute Gasteiger partial charge is 0.496 e. The first kappa shape index (κ1) is 13.9. The van der Waals surface area contributed by atoms with Crippen LogP contribution in [0.3, 0.4) is 0 Å². The van der Waals surface area contributed by atoms with Crippen molar-refractivity contribution in [1.29, 1.82) is 0 Å². The number of H-pyrrole nitrogens is 1. The maximum Gasteiger partial charge on any atom is 0.341 e. The molecular formula is C14H17N3O3. The maximum absolute atomic E-state index is 11.3. The van der Waals surface area contributed by atoms with Crippen LogP contribution >= 0.6 is 0 Å². The van der Waals surface area contributed by atoms with Gasteiger partial charge in [-0.15, -0.1) is 0 Å². The first-order chi connectivity index (χ1) is 9.45. The van der Waals surface area contributed by atoms with Gasteiger partial charge in [-0.25, -0.2) is 4.79 Å². The summed E-state index contributed by atoms with van der Waals surface area (Å²) < 4.78 is 5.30. The van der Waals surface area contributed by atoms with Gasteiger partial charge in [-0.3, -0.25) is 5.10 Å². The Hall–Kier alpha value is -2.50. The Balaban J connectivity index is 2.67. The molecule has 0 fully saturated rings. The van der Waals surface area contributed by atoms with Crippen molar-refractivity contribution < 1.29 is 14.6 Å². The summed E-state index contributed by atoms with van der Waals surface area (Å²) in [4.78, 5) is 11.3. The number of aromatic amines is 1. The molecule has 0 saturated heterocycles. The molecule has 1 aromatic carbocycles. The second-order valence-electron chi connectivity index (χ2n) is 4.78. The van der Waals surface area contributed by atoms with Crippen molar-refractivity contribution in [2.45, 2.75) is 19.8 Å². The van der Waals surface area contributed by atoms with Crippen LogP contribution in [-0.2, 0) is 0 Å². The number of anilines is 1. The Morgan fingerprint density at radius 2 is 2.15 bits per heavy atom. The minimum atomic E-state index is -1.12. The highest BCUT2D eigenvalue weighted by Crippen LogP contribution is 2.35. The first-order valence-electron chi connectivity index (χ1n) is 6.21. The number of nitrogens with two attached hydrogens (primary N) is 1. The van der Waals surface area contributed by atoms with Gasteiger partial charge in [0.2, 0.25) is 0 Å². The lowest BCUT2D eigenvalue weighted by molar-refractivity contribution is 0.0699. The summed E-state index contributed by atoms with van der Waals surface area (Å²) >= 11 is 0. The van der Waals surface area contributed by atoms with Crippen LogP contribution in [0.2, 0.25) is 0 Å². The van der Waals surface area contributed by atoms with Crippen LogP contribution in [0, 0.1) is 0 Å². The van der Waals surface area contributed by atoms with Gasteiger partial charge in [0.1, 0.15) is 11.3 Å². The third-order valence-corrected chi connectivity index (χ3v) is 3.17. The van der Waals surface area contributed by atoms with Crippen molar-refractivity contribution in [3.63, 3.8) is 0 Å². The molecule has 0 amide bonds. The molecule has 0 atom stereocenters. The highest BCUT2D eigenvalue weighted by molar-refractivity contribution is 6.00. The molecule has 0 saturated carbocycles. The summed E-state index contributed by atoms with van der Waals surface area (Å²) in [5, 5.41) is 15.7. The fourth-order valence-electron chi connectivity index (χ4n) is 2.05. The molecule has 2 aromatic rings. The number of hydrogen-bond acceptors (Lipinski definition) is 4. The molecule has 0 bridgehead atoms. The van der Waals surface area contributed by atoms with Crippen LogP contribution in [0.1, 0.15) is 35.7 Å². The number of aromatic nitrogens is 2. The summed E-state index contributed by atoms with van der Waals surface area (Å²) in [5.74, 6) is -0.276. The number of nitrogens with zero attached hydrogens (tertiary/aromatic N) is 1. The molecule has 0 unspecified atom stereocenters. The molecule has 1 aromatic heterocycles. The smallest absolute Gasteiger partial charge is 0.341 e. The van der Waals surface area contributed by atoms with E-state index in [1.54, 1.807) is 0 Å². The van der Waals surface area contributed by atoms with Gasteiger partial charge in [0.15, 0.2) is 5.82 Å². The van der Waals surface area contributed by atoms with Crippen molar-refractivity contribution in [3.8, 4) is 17.0 Å². The molecule has 2 rings (SSSR count). The molecular weight excluding hydrogens is 258 g/mol. The Kier molecular flexibility index (Phi) is 3.65. The summed E-state index contributed by atoms with van der Waals surface area (Å²) in [6.45, 7) is 4.12. The van der Waals surface area contributed by atoms with Gasteiger partial charge in [0.05, 0.1) is 12.8 Å². The third kappa shape index (κ3) is 2.32. The van der Waals surface area contributed by atoms with Crippen molar-refractivity contribution in [2.24, 2.45) is 0 Å². The molecule has 4 N–H and O–H groups in total. The topological polar surface area (TPSA) is 101 Å². The number of ether oxygens (including phenoxy) is 1. The monoisotopic (exact) mass is 275 g/mol. The standard InChI is InChI=1S/C14H17N3O3/c1-7(2)8-4-5-10(20-3)9(6-8)12-11(14(18)19)13(15)17-16-12/h4-7H,1-3H3,(H,18,19)(H3,15,16,17). The fourth-order valence-corrected chi connectivity index (χ4v) is 2.05. The number of hydrogen-bond donors (Lipinski definition) is 3. The lowest BCUT2D eigenvalue weighted by atomic mass is 9.97. The summed E-state index contributed by atoms with van der Waals surface area (Å²) in [6, 6.07) is 5.66. The second kappa shape index (κ2) is 5.24. The highest BCUT2D eigenvalue weighted by Gasteiger charge is 2.22. The number of carboxylic acid groups (broad SMARTS) is 1. The van der Waals surface area contributed by atoms with Crippen molar-refractivity contribution >= 4 is 11.8 Å². The van der Waals surface area contributed by atoms with Gasteiger partial charge < -0.3 is 15.6 Å². The molecule has 106 valence electrons. The number of carboxylic acids is 1. The van der Waals surface area contributed by atoms with E-state index in [1.165, 1.54) is 7.11 Å². The number of nitrogens with one attached hydrogen (secondary N) is 1. The Bertz CT molecular complexity index is 647. The third-order valence-electron chi connectivity index (χ3n) is 3.17. The SMILES string of the molecule is COc1ccc(C(C)C)cc1-c1[nH]nc(N)c1C(=O)O. The molecule has 0 radical (unpaired) electrons. The number of methoxy groups -OCH3 is 1. The van der Waals surface area contributed by atoms with E-state index in [4.69, 9.17) is 10.5 Å². The zero-order valence-electron chi connectivity index (χ0n) is 11.6. The maximum atomic E-state index is 11.3. The molecule has 20 heavy (non-hydrogen) atoms. The summed E-state index contributed by atoms with van der Waals surface area (Å²) in [5.41, 5.74) is 7.64. The van der Waals surface area contributed by atoms with Crippen LogP contribution in [0.15, 0.2) is 18.2 Å². The van der Waals surface area contributed by atoms with Crippen LogP contribution in [0.4, 0.5) is 5.82 Å². The number of benzene rings is 1. The van der Waals surface area contributed by atoms with E-state index in [0.717, 1.165) is 5.56 Å². The molecule has 1 heterocycles. The Morgan fingerprint density at radius 1 is 1.45 bits per heavy atom. The number of aromatic carboxylic acids is 1. The van der Waals surface area contributed by atoms with Crippen LogP contribution < -0.4 is 10.5 Å². The van der Waals surface area contributed by atoms with E-state index in [9.17, 15) is 9.90 Å². The van der Waals surface area contributed by atoms with Crippen LogP contribution in [0.25, 0.3) is 11.3 Å². The molecule has 0 aliphatic heterocycles. The van der Waals surface area contributed by atoms with Gasteiger partial charge in [-0.05, 0) is 23.6 Å². The van der Waals surface area contributed by atoms with Gasteiger partial charge in [-0.1, -0.05) is 19.9 Å². The first-order valence-corrected chi connectivity index (χ1v) is 6.21. The van der Waals surface area contributed by atoms with E-state index in [0.29, 0.717) is 22.9 Å². The average Bonchev–Trinajstić information content (AvgIpc) is 2.79. The minimum Gasteiger partial charge on any atom is -0.496 e. The lowest BCUT2D eigenvalue weighted by Gasteiger charge is -2.12. The van der Waals surface area contributed by atoms with Crippen LogP contribution in [-0.4, -0.2) is 28.4 Å². The second-order valence-corrected chi connectivity index (χ2v) is 4.78. The molecule has 6 nitrogen and oxygen atoms in total. The molecule has 0 aliphatic rings. The minimum absolute atomic E-state index is 0.0375. The van der Waals surface area contributed by atoms with Crippen LogP contribution in [0.5, 0.6) is 5.75 Å². The normalized spacial score (nSPS) is 10.8. The molecule has 0 spiro atoms. The zero-order chi connectivity index (χ0) is 14.9. The quantitative estimate of drug-likeness (QED) is 0.795. The Labute approximate surface area is 116 Å². The number of carbonyl (C=O) groups is 1. The molecule has 0 aliphatic carbocycles. The lowest BCUT2D eigenvalue weighted by Crippen LogP contribution is -2.02. The zero-order valence-corrected chi connectivity index (χ0v) is 11.6. The number of nitrogen functional groups attached to an aromatic ring is 1. The molecule has 6 heteroatoms. The number of rotatable bonds is 4. The van der Waals surface area contributed by atoms with E-state index in [1.807, 2.05) is 18.2 Å². The van der Waals surface area contributed by atoms with Gasteiger partial charge in [-0.2, -0.15) is 5.10 Å². The summed E-state index contributed by atoms with van der Waals surface area (Å²) in [6.07, 6.45) is 0. The van der Waals surface area contributed by atoms with E-state index >= 15 is 0 Å². The van der Waals surface area contributed by atoms with Gasteiger partial charge in [0, 0.05) is 5.56 Å². The van der Waals surface area contributed by atoms with E-state index in [2.05, 4.69) is 24.0 Å². The van der Waals surface area contributed by atoms with Crippen molar-refractivity contribution in [1.82, 2.24) is 10.2 Å². The van der Waals surface area contributed by atoms with Crippen molar-refractivity contribution in [2.75, 3.05) is 12.8 Å². The predicted molar refractivity (Wildman–Crippen MR) is 76.0 cm³/mol.